The lowest BCUT2D eigenvalue weighted by atomic mass is 9.96. The van der Waals surface area contributed by atoms with Crippen molar-refractivity contribution in [2.45, 2.75) is 31.2 Å². The van der Waals surface area contributed by atoms with Crippen molar-refractivity contribution >= 4 is 16.9 Å². The van der Waals surface area contributed by atoms with Crippen LogP contribution in [-0.2, 0) is 6.42 Å². The highest BCUT2D eigenvalue weighted by atomic mass is 19.1. The van der Waals surface area contributed by atoms with Gasteiger partial charge in [-0.1, -0.05) is 12.1 Å². The van der Waals surface area contributed by atoms with Gasteiger partial charge in [-0.25, -0.2) is 19.0 Å². The summed E-state index contributed by atoms with van der Waals surface area (Å²) in [6.45, 7) is 0. The molecule has 1 fully saturated rings. The number of fused-ring (bicyclic) bond motifs is 2. The molecule has 156 valence electrons. The molecule has 2 aromatic heterocycles. The van der Waals surface area contributed by atoms with Gasteiger partial charge in [0.15, 0.2) is 5.65 Å². The minimum Gasteiger partial charge on any atom is -0.508 e. The topological polar surface area (TPSA) is 110 Å². The largest absolute Gasteiger partial charge is 0.508 e. The van der Waals surface area contributed by atoms with Gasteiger partial charge in [0.25, 0.3) is 0 Å². The molecular weight excluding hydrogens is 397 g/mol. The zero-order chi connectivity index (χ0) is 21.3. The first-order chi connectivity index (χ1) is 15.0. The van der Waals surface area contributed by atoms with Crippen LogP contribution in [-0.4, -0.2) is 30.0 Å². The molecule has 4 N–H and O–H groups in total. The second-order valence-electron chi connectivity index (χ2n) is 8.41. The van der Waals surface area contributed by atoms with Crippen LogP contribution in [0.5, 0.6) is 11.5 Å². The Morgan fingerprint density at radius 1 is 1.13 bits per heavy atom. The van der Waals surface area contributed by atoms with Crippen molar-refractivity contribution in [1.29, 1.82) is 0 Å². The van der Waals surface area contributed by atoms with E-state index < -0.39 is 5.82 Å². The van der Waals surface area contributed by atoms with Crippen LogP contribution in [0.15, 0.2) is 42.7 Å². The maximum atomic E-state index is 14.0. The van der Waals surface area contributed by atoms with Gasteiger partial charge in [0, 0.05) is 11.6 Å². The summed E-state index contributed by atoms with van der Waals surface area (Å²) in [4.78, 5) is 8.52. The van der Waals surface area contributed by atoms with Gasteiger partial charge in [-0.15, -0.1) is 0 Å². The lowest BCUT2D eigenvalue weighted by molar-refractivity contribution is 0.468. The molecule has 0 bridgehead atoms. The highest BCUT2D eigenvalue weighted by Crippen LogP contribution is 2.57. The first-order valence-corrected chi connectivity index (χ1v) is 10.3. The second kappa shape index (κ2) is 6.41. The molecule has 0 saturated heterocycles. The number of hydrogen-bond donors (Lipinski definition) is 3. The number of nitrogen functional groups attached to an aromatic ring is 1. The van der Waals surface area contributed by atoms with E-state index in [2.05, 4.69) is 16.0 Å². The Balaban J connectivity index is 1.43. The number of benzene rings is 2. The third-order valence-corrected chi connectivity index (χ3v) is 6.60. The Hall–Kier alpha value is -3.68. The van der Waals surface area contributed by atoms with E-state index in [1.807, 2.05) is 10.7 Å². The number of nitrogens with zero attached hydrogens (tertiary/aromatic N) is 4. The molecule has 2 aliphatic rings. The molecular formula is C23H20FN5O2. The van der Waals surface area contributed by atoms with E-state index in [0.29, 0.717) is 39.9 Å². The van der Waals surface area contributed by atoms with Crippen molar-refractivity contribution in [3.8, 4) is 22.8 Å². The quantitative estimate of drug-likeness (QED) is 0.466. The number of hydrogen-bond acceptors (Lipinski definition) is 6. The van der Waals surface area contributed by atoms with E-state index in [4.69, 9.17) is 10.8 Å². The average Bonchev–Trinajstić information content (AvgIpc) is 3.21. The van der Waals surface area contributed by atoms with Crippen molar-refractivity contribution in [2.75, 3.05) is 5.73 Å². The fourth-order valence-electron chi connectivity index (χ4n) is 5.17. The molecule has 3 unspecified atom stereocenters. The van der Waals surface area contributed by atoms with Crippen molar-refractivity contribution in [2.24, 2.45) is 5.92 Å². The Kier molecular flexibility index (Phi) is 3.74. The highest BCUT2D eigenvalue weighted by molar-refractivity contribution is 5.98. The summed E-state index contributed by atoms with van der Waals surface area (Å²) >= 11 is 0. The SMILES string of the molecule is Nc1ncnc2c1c(-c1cc(O)cc(F)c1)nn2C1CC1C1CCc2c(O)cccc21. The number of anilines is 1. The number of aromatic nitrogens is 4. The number of rotatable bonds is 3. The monoisotopic (exact) mass is 417 g/mol. The van der Waals surface area contributed by atoms with Gasteiger partial charge in [-0.05, 0) is 60.4 Å². The fourth-order valence-corrected chi connectivity index (χ4v) is 5.17. The molecule has 1 saturated carbocycles. The number of nitrogens with two attached hydrogens (primary N) is 1. The van der Waals surface area contributed by atoms with Crippen LogP contribution in [0.25, 0.3) is 22.3 Å². The molecule has 4 aromatic rings. The second-order valence-corrected chi connectivity index (χ2v) is 8.41. The summed E-state index contributed by atoms with van der Waals surface area (Å²) in [5, 5.41) is 25.4. The van der Waals surface area contributed by atoms with Crippen molar-refractivity contribution in [3.63, 3.8) is 0 Å². The van der Waals surface area contributed by atoms with Gasteiger partial charge in [-0.3, -0.25) is 0 Å². The lowest BCUT2D eigenvalue weighted by Gasteiger charge is -2.12. The van der Waals surface area contributed by atoms with E-state index in [9.17, 15) is 14.6 Å². The summed E-state index contributed by atoms with van der Waals surface area (Å²) < 4.78 is 15.8. The minimum absolute atomic E-state index is 0.131. The summed E-state index contributed by atoms with van der Waals surface area (Å²) in [5.41, 5.74) is 9.90. The van der Waals surface area contributed by atoms with Crippen LogP contribution in [0, 0.1) is 11.7 Å². The van der Waals surface area contributed by atoms with E-state index in [1.165, 1.54) is 24.0 Å². The van der Waals surface area contributed by atoms with Crippen LogP contribution >= 0.6 is 0 Å². The smallest absolute Gasteiger partial charge is 0.164 e. The maximum Gasteiger partial charge on any atom is 0.164 e. The van der Waals surface area contributed by atoms with E-state index in [1.54, 1.807) is 6.07 Å². The minimum atomic E-state index is -0.556. The van der Waals surface area contributed by atoms with Crippen LogP contribution in [0.3, 0.4) is 0 Å². The third-order valence-electron chi connectivity index (χ3n) is 6.60. The summed E-state index contributed by atoms with van der Waals surface area (Å²) in [5.74, 6) is 0.627. The number of halogens is 1. The molecule has 6 rings (SSSR count). The van der Waals surface area contributed by atoms with Crippen molar-refractivity contribution in [3.05, 3.63) is 59.7 Å². The summed E-state index contributed by atoms with van der Waals surface area (Å²) in [7, 11) is 0. The average molecular weight is 417 g/mol. The normalized spacial score (nSPS) is 22.0. The van der Waals surface area contributed by atoms with Crippen molar-refractivity contribution in [1.82, 2.24) is 19.7 Å². The number of phenols is 2. The van der Waals surface area contributed by atoms with Gasteiger partial charge in [-0.2, -0.15) is 5.10 Å². The molecule has 0 aliphatic heterocycles. The standard InChI is InChI=1S/C23H20FN5O2/c24-12-6-11(7-13(30)8-12)21-20-22(25)26-10-27-23(20)29(28-21)18-9-17(18)15-4-5-16-14(15)2-1-3-19(16)31/h1-3,6-8,10,15,17-18,30-31H,4-5,9H2,(H2,25,26,27). The molecule has 8 heteroatoms. The molecule has 0 amide bonds. The van der Waals surface area contributed by atoms with Crippen LogP contribution in [0.4, 0.5) is 10.2 Å². The first kappa shape index (κ1) is 18.1. The Morgan fingerprint density at radius 2 is 2.00 bits per heavy atom. The Labute approximate surface area is 177 Å². The predicted molar refractivity (Wildman–Crippen MR) is 113 cm³/mol. The fraction of sp³-hybridized carbons (Fsp3) is 0.261. The lowest BCUT2D eigenvalue weighted by Crippen LogP contribution is -2.05. The van der Waals surface area contributed by atoms with Gasteiger partial charge in [0.2, 0.25) is 0 Å². The molecule has 2 aliphatic carbocycles. The van der Waals surface area contributed by atoms with Crippen LogP contribution < -0.4 is 5.73 Å². The van der Waals surface area contributed by atoms with E-state index in [-0.39, 0.29) is 17.6 Å². The highest BCUT2D eigenvalue weighted by Gasteiger charge is 2.48. The van der Waals surface area contributed by atoms with Gasteiger partial charge >= 0.3 is 0 Å². The predicted octanol–water partition coefficient (Wildman–Crippen LogP) is 3.92. The molecule has 2 heterocycles. The van der Waals surface area contributed by atoms with Crippen LogP contribution in [0.2, 0.25) is 0 Å². The number of aromatic hydroxyl groups is 2. The maximum absolute atomic E-state index is 14.0. The third kappa shape index (κ3) is 2.74. The molecule has 2 aromatic carbocycles. The number of phenolic OH excluding ortho intramolecular Hbond substituents is 2. The molecule has 0 spiro atoms. The van der Waals surface area contributed by atoms with Crippen molar-refractivity contribution < 1.29 is 14.6 Å². The first-order valence-electron chi connectivity index (χ1n) is 10.3. The molecule has 7 nitrogen and oxygen atoms in total. The Bertz CT molecular complexity index is 1330. The summed E-state index contributed by atoms with van der Waals surface area (Å²) in [6.07, 6.45) is 4.21. The van der Waals surface area contributed by atoms with Gasteiger partial charge in [0.1, 0.15) is 35.2 Å². The van der Waals surface area contributed by atoms with Crippen LogP contribution in [0.1, 0.15) is 35.9 Å². The van der Waals surface area contributed by atoms with Gasteiger partial charge in [0.05, 0.1) is 11.4 Å². The molecule has 3 atom stereocenters. The molecule has 31 heavy (non-hydrogen) atoms. The van der Waals surface area contributed by atoms with E-state index in [0.717, 1.165) is 30.9 Å². The van der Waals surface area contributed by atoms with Gasteiger partial charge < -0.3 is 15.9 Å². The summed E-state index contributed by atoms with van der Waals surface area (Å²) in [6, 6.07) is 9.70. The zero-order valence-electron chi connectivity index (χ0n) is 16.5. The molecule has 0 radical (unpaired) electrons. The zero-order valence-corrected chi connectivity index (χ0v) is 16.5. The Morgan fingerprint density at radius 3 is 2.84 bits per heavy atom. The van der Waals surface area contributed by atoms with E-state index >= 15 is 0 Å².